The first kappa shape index (κ1) is 24.7. The van der Waals surface area contributed by atoms with Crippen LogP contribution in [-0.2, 0) is 4.74 Å². The minimum Gasteiger partial charge on any atom is -0.448 e. The number of carbonyl (C=O) groups is 1. The summed E-state index contributed by atoms with van der Waals surface area (Å²) < 4.78 is 33.5. The number of piperidine rings is 1. The lowest BCUT2D eigenvalue weighted by Crippen LogP contribution is -2.63. The van der Waals surface area contributed by atoms with Crippen molar-refractivity contribution in [2.45, 2.75) is 63.1 Å². The van der Waals surface area contributed by atoms with Crippen molar-refractivity contribution < 1.29 is 18.3 Å². The van der Waals surface area contributed by atoms with E-state index in [0.29, 0.717) is 19.7 Å². The fourth-order valence-corrected chi connectivity index (χ4v) is 5.89. The van der Waals surface area contributed by atoms with Crippen LogP contribution in [0, 0.1) is 11.6 Å². The highest BCUT2D eigenvalue weighted by Crippen LogP contribution is 2.51. The van der Waals surface area contributed by atoms with Gasteiger partial charge in [0.2, 0.25) is 0 Å². The topological polar surface area (TPSA) is 44.8 Å². The van der Waals surface area contributed by atoms with Gasteiger partial charge < -0.3 is 15.0 Å². The monoisotopic (exact) mass is 491 g/mol. The number of hydrogen-bond acceptors (Lipinski definition) is 4. The predicted octanol–water partition coefficient (Wildman–Crippen LogP) is 5.75. The summed E-state index contributed by atoms with van der Waals surface area (Å²) in [6.07, 6.45) is 5.35. The van der Waals surface area contributed by atoms with E-state index in [9.17, 15) is 13.6 Å². The molecule has 2 aromatic carbocycles. The number of hydrogen-bond donors (Lipinski definition) is 1. The molecule has 0 bridgehead atoms. The Morgan fingerprint density at radius 1 is 1.06 bits per heavy atom. The molecular weight excluding hydrogens is 460 g/mol. The number of anilines is 2. The van der Waals surface area contributed by atoms with E-state index in [4.69, 9.17) is 4.74 Å². The molecule has 8 heteroatoms. The third kappa shape index (κ3) is 4.48. The Kier molecular flexibility index (Phi) is 7.63. The van der Waals surface area contributed by atoms with Crippen LogP contribution >= 0.6 is 12.4 Å². The summed E-state index contributed by atoms with van der Waals surface area (Å²) in [4.78, 5) is 16.5. The number of benzene rings is 2. The van der Waals surface area contributed by atoms with Gasteiger partial charge in [-0.05, 0) is 54.4 Å². The molecule has 0 saturated carbocycles. The molecule has 5 rings (SSSR count). The van der Waals surface area contributed by atoms with Crippen LogP contribution in [0.25, 0.3) is 0 Å². The van der Waals surface area contributed by atoms with Crippen molar-refractivity contribution in [3.8, 4) is 0 Å². The average Bonchev–Trinajstić information content (AvgIpc) is 3.39. The van der Waals surface area contributed by atoms with Crippen molar-refractivity contribution in [1.29, 1.82) is 0 Å². The highest BCUT2D eigenvalue weighted by atomic mass is 35.5. The molecule has 0 radical (unpaired) electrons. The summed E-state index contributed by atoms with van der Waals surface area (Å²) in [5.41, 5.74) is 2.73. The second-order valence-corrected chi connectivity index (χ2v) is 9.31. The molecule has 3 heterocycles. The van der Waals surface area contributed by atoms with Crippen LogP contribution in [0.3, 0.4) is 0 Å². The molecule has 4 unspecified atom stereocenters. The lowest BCUT2D eigenvalue weighted by Gasteiger charge is -2.46. The Morgan fingerprint density at radius 3 is 2.53 bits per heavy atom. The van der Waals surface area contributed by atoms with Crippen LogP contribution in [0.5, 0.6) is 0 Å². The number of amides is 1. The number of ether oxygens (including phenoxy) is 1. The van der Waals surface area contributed by atoms with E-state index in [1.165, 1.54) is 37.5 Å². The molecule has 1 N–H and O–H groups in total. The molecule has 5 nitrogen and oxygen atoms in total. The van der Waals surface area contributed by atoms with Crippen LogP contribution in [0.1, 0.15) is 50.5 Å². The summed E-state index contributed by atoms with van der Waals surface area (Å²) in [7, 11) is 0. The summed E-state index contributed by atoms with van der Waals surface area (Å²) in [6, 6.07) is 11.3. The molecule has 3 aliphatic heterocycles. The Hall–Kier alpha value is -2.38. The first-order chi connectivity index (χ1) is 16.1. The highest BCUT2D eigenvalue weighted by Gasteiger charge is 2.52. The predicted molar refractivity (Wildman–Crippen MR) is 131 cm³/mol. The molecule has 2 saturated heterocycles. The van der Waals surface area contributed by atoms with Crippen molar-refractivity contribution in [1.82, 2.24) is 10.2 Å². The van der Waals surface area contributed by atoms with Gasteiger partial charge in [-0.3, -0.25) is 4.90 Å². The number of unbranched alkanes of at least 4 members (excludes halogenated alkanes) is 3. The van der Waals surface area contributed by atoms with Gasteiger partial charge in [0, 0.05) is 29.9 Å². The quantitative estimate of drug-likeness (QED) is 0.501. The number of halogens is 3. The first-order valence-corrected chi connectivity index (χ1v) is 12.1. The van der Waals surface area contributed by atoms with Crippen molar-refractivity contribution >= 4 is 29.9 Å². The van der Waals surface area contributed by atoms with E-state index in [0.717, 1.165) is 29.8 Å². The fraction of sp³-hybridized carbons (Fsp3) is 0.500. The van der Waals surface area contributed by atoms with Crippen LogP contribution in [0.4, 0.5) is 25.0 Å². The number of carbonyl (C=O) groups excluding carboxylic acids is 1. The number of fused-ring (bicyclic) bond motifs is 3. The van der Waals surface area contributed by atoms with Gasteiger partial charge in [0.05, 0.1) is 18.6 Å². The molecule has 0 spiro atoms. The van der Waals surface area contributed by atoms with E-state index in [1.807, 2.05) is 6.07 Å². The molecular formula is C26H32ClF2N3O2. The van der Waals surface area contributed by atoms with E-state index in [2.05, 4.69) is 17.1 Å². The number of nitrogens with one attached hydrogen (secondary N) is 1. The van der Waals surface area contributed by atoms with Gasteiger partial charge in [-0.2, -0.15) is 0 Å². The summed E-state index contributed by atoms with van der Waals surface area (Å²) in [5, 5.41) is 3.70. The Bertz CT molecular complexity index is 1010. The summed E-state index contributed by atoms with van der Waals surface area (Å²) >= 11 is 0. The van der Waals surface area contributed by atoms with Crippen LogP contribution in [-0.4, -0.2) is 48.8 Å². The standard InChI is InChI=1S/C26H31F2N3O2.ClH/c1-2-3-4-5-6-21-24-20-15-18(28)9-12-22(20)31(19-10-7-17(27)8-11-19)25(24)23(16-29-21)30-13-14-33-26(30)32;/h7-12,15,21,23-25,29H,2-6,13-14,16H2,1H3;1H. The van der Waals surface area contributed by atoms with Gasteiger partial charge in [-0.1, -0.05) is 32.6 Å². The van der Waals surface area contributed by atoms with E-state index in [1.54, 1.807) is 23.1 Å². The van der Waals surface area contributed by atoms with E-state index < -0.39 is 0 Å². The summed E-state index contributed by atoms with van der Waals surface area (Å²) in [6.45, 7) is 3.76. The Labute approximate surface area is 205 Å². The molecule has 1 amide bonds. The fourth-order valence-electron chi connectivity index (χ4n) is 5.89. The molecule has 4 atom stereocenters. The number of cyclic esters (lactones) is 1. The van der Waals surface area contributed by atoms with Crippen LogP contribution < -0.4 is 10.2 Å². The zero-order chi connectivity index (χ0) is 22.9. The second-order valence-electron chi connectivity index (χ2n) is 9.31. The smallest absolute Gasteiger partial charge is 0.410 e. The van der Waals surface area contributed by atoms with Gasteiger partial charge in [0.1, 0.15) is 18.2 Å². The SMILES string of the molecule is CCCCCCC1NCC(N2CCOC2=O)C2C1c1cc(F)ccc1N2c1ccc(F)cc1.Cl. The van der Waals surface area contributed by atoms with E-state index in [-0.39, 0.29) is 54.2 Å². The maximum absolute atomic E-state index is 14.5. The second kappa shape index (κ2) is 10.5. The number of rotatable bonds is 7. The van der Waals surface area contributed by atoms with Crippen molar-refractivity contribution in [3.63, 3.8) is 0 Å². The van der Waals surface area contributed by atoms with Crippen LogP contribution in [0.2, 0.25) is 0 Å². The largest absolute Gasteiger partial charge is 0.448 e. The van der Waals surface area contributed by atoms with Gasteiger partial charge in [-0.25, -0.2) is 13.6 Å². The zero-order valence-electron chi connectivity index (χ0n) is 19.4. The molecule has 0 aliphatic carbocycles. The maximum atomic E-state index is 14.5. The molecule has 2 aromatic rings. The Balaban J connectivity index is 0.00000274. The number of nitrogens with zero attached hydrogens (tertiary/aromatic N) is 2. The minimum atomic E-state index is -0.303. The lowest BCUT2D eigenvalue weighted by atomic mass is 9.78. The average molecular weight is 492 g/mol. The lowest BCUT2D eigenvalue weighted by molar-refractivity contribution is 0.125. The zero-order valence-corrected chi connectivity index (χ0v) is 20.2. The minimum absolute atomic E-state index is 0. The molecule has 184 valence electrons. The molecule has 3 aliphatic rings. The van der Waals surface area contributed by atoms with Crippen molar-refractivity contribution in [2.24, 2.45) is 0 Å². The Morgan fingerprint density at radius 2 is 1.82 bits per heavy atom. The normalized spacial score (nSPS) is 25.6. The summed E-state index contributed by atoms with van der Waals surface area (Å²) in [5.74, 6) is -0.553. The molecule has 2 fully saturated rings. The molecule has 0 aromatic heterocycles. The van der Waals surface area contributed by atoms with Crippen LogP contribution in [0.15, 0.2) is 42.5 Å². The third-order valence-electron chi connectivity index (χ3n) is 7.36. The van der Waals surface area contributed by atoms with Gasteiger partial charge in [-0.15, -0.1) is 12.4 Å². The first-order valence-electron chi connectivity index (χ1n) is 12.1. The van der Waals surface area contributed by atoms with Gasteiger partial charge in [0.15, 0.2) is 0 Å². The third-order valence-corrected chi connectivity index (χ3v) is 7.36. The van der Waals surface area contributed by atoms with Gasteiger partial charge in [0.25, 0.3) is 0 Å². The van der Waals surface area contributed by atoms with Crippen molar-refractivity contribution in [2.75, 3.05) is 24.6 Å². The van der Waals surface area contributed by atoms with E-state index >= 15 is 0 Å². The van der Waals surface area contributed by atoms with Crippen molar-refractivity contribution in [3.05, 3.63) is 59.7 Å². The maximum Gasteiger partial charge on any atom is 0.410 e. The van der Waals surface area contributed by atoms with Gasteiger partial charge >= 0.3 is 6.09 Å². The highest BCUT2D eigenvalue weighted by molar-refractivity contribution is 5.85. The molecule has 34 heavy (non-hydrogen) atoms.